The molecule has 0 aliphatic carbocycles. The Bertz CT molecular complexity index is 1120. The SMILES string of the molecule is O=c1c2ccc(O)cc2ccn1-c1ccc(N2CCC3(CCNC3)C2)c(F)c1. The first kappa shape index (κ1) is 17.3. The molecule has 1 atom stereocenters. The highest BCUT2D eigenvalue weighted by molar-refractivity contribution is 5.83. The fourth-order valence-electron chi connectivity index (χ4n) is 4.63. The molecule has 28 heavy (non-hydrogen) atoms. The number of aromatic hydroxyl groups is 1. The Morgan fingerprint density at radius 1 is 1.11 bits per heavy atom. The predicted octanol–water partition coefficient (Wildman–Crippen LogP) is 3.03. The number of pyridine rings is 1. The van der Waals surface area contributed by atoms with Gasteiger partial charge in [0, 0.05) is 42.7 Å². The summed E-state index contributed by atoms with van der Waals surface area (Å²) in [5, 5.41) is 14.2. The topological polar surface area (TPSA) is 57.5 Å². The van der Waals surface area contributed by atoms with Crippen LogP contribution in [0.15, 0.2) is 53.5 Å². The minimum Gasteiger partial charge on any atom is -0.508 e. The molecule has 1 spiro atoms. The number of nitrogens with one attached hydrogen (secondary N) is 1. The molecule has 3 heterocycles. The molecule has 2 aliphatic rings. The molecule has 2 aliphatic heterocycles. The molecule has 5 rings (SSSR count). The maximum atomic E-state index is 15.0. The van der Waals surface area contributed by atoms with Crippen molar-refractivity contribution in [2.24, 2.45) is 5.41 Å². The van der Waals surface area contributed by atoms with Crippen molar-refractivity contribution in [1.29, 1.82) is 0 Å². The lowest BCUT2D eigenvalue weighted by Crippen LogP contribution is -2.29. The molecule has 0 amide bonds. The second kappa shape index (κ2) is 6.34. The summed E-state index contributed by atoms with van der Waals surface area (Å²) in [5.41, 5.74) is 1.14. The molecule has 2 aromatic carbocycles. The zero-order chi connectivity index (χ0) is 19.3. The van der Waals surface area contributed by atoms with Gasteiger partial charge in [-0.3, -0.25) is 9.36 Å². The number of nitrogens with zero attached hydrogens (tertiary/aromatic N) is 2. The minimum atomic E-state index is -0.307. The number of fused-ring (bicyclic) bond motifs is 1. The third kappa shape index (κ3) is 2.76. The number of phenolic OH excluding ortho intramolecular Hbond substituents is 1. The highest BCUT2D eigenvalue weighted by Crippen LogP contribution is 2.39. The van der Waals surface area contributed by atoms with Gasteiger partial charge in [-0.25, -0.2) is 4.39 Å². The molecule has 2 fully saturated rings. The van der Waals surface area contributed by atoms with Gasteiger partial charge in [-0.15, -0.1) is 0 Å². The summed E-state index contributed by atoms with van der Waals surface area (Å²) in [6, 6.07) is 11.4. The number of benzene rings is 2. The second-order valence-electron chi connectivity index (χ2n) is 8.00. The summed E-state index contributed by atoms with van der Waals surface area (Å²) in [6.07, 6.45) is 3.84. The third-order valence-corrected chi connectivity index (χ3v) is 6.21. The smallest absolute Gasteiger partial charge is 0.262 e. The molecule has 2 saturated heterocycles. The van der Waals surface area contributed by atoms with Crippen molar-refractivity contribution in [3.05, 3.63) is 64.8 Å². The first-order valence-corrected chi connectivity index (χ1v) is 9.65. The molecule has 144 valence electrons. The first-order chi connectivity index (χ1) is 13.5. The Kier molecular flexibility index (Phi) is 3.91. The zero-order valence-electron chi connectivity index (χ0n) is 15.5. The van der Waals surface area contributed by atoms with Crippen molar-refractivity contribution in [3.8, 4) is 11.4 Å². The van der Waals surface area contributed by atoms with Crippen LogP contribution in [0.4, 0.5) is 10.1 Å². The predicted molar refractivity (Wildman–Crippen MR) is 108 cm³/mol. The number of anilines is 1. The summed E-state index contributed by atoms with van der Waals surface area (Å²) in [5.74, 6) is -0.195. The lowest BCUT2D eigenvalue weighted by atomic mass is 9.86. The third-order valence-electron chi connectivity index (χ3n) is 6.21. The van der Waals surface area contributed by atoms with Crippen molar-refractivity contribution in [2.45, 2.75) is 12.8 Å². The van der Waals surface area contributed by atoms with Crippen molar-refractivity contribution in [1.82, 2.24) is 9.88 Å². The van der Waals surface area contributed by atoms with Crippen LogP contribution in [0.1, 0.15) is 12.8 Å². The molecular formula is C22H22FN3O2. The summed E-state index contributed by atoms with van der Waals surface area (Å²) >= 11 is 0. The van der Waals surface area contributed by atoms with E-state index in [4.69, 9.17) is 0 Å². The summed E-state index contributed by atoms with van der Waals surface area (Å²) in [7, 11) is 0. The summed E-state index contributed by atoms with van der Waals surface area (Å²) < 4.78 is 16.4. The van der Waals surface area contributed by atoms with Crippen LogP contribution in [0.5, 0.6) is 5.75 Å². The Morgan fingerprint density at radius 3 is 2.79 bits per heavy atom. The van der Waals surface area contributed by atoms with Gasteiger partial charge in [0.25, 0.3) is 5.56 Å². The second-order valence-corrected chi connectivity index (χ2v) is 8.00. The van der Waals surface area contributed by atoms with Crippen LogP contribution in [0, 0.1) is 11.2 Å². The van der Waals surface area contributed by atoms with E-state index in [1.54, 1.807) is 36.5 Å². The van der Waals surface area contributed by atoms with Crippen molar-refractivity contribution in [2.75, 3.05) is 31.1 Å². The van der Waals surface area contributed by atoms with E-state index in [0.29, 0.717) is 22.1 Å². The number of hydrogen-bond acceptors (Lipinski definition) is 4. The molecule has 1 aromatic heterocycles. The standard InChI is InChI=1S/C22H22FN3O2/c23-19-12-16(26-9-5-15-11-17(27)2-3-18(15)21(26)28)1-4-20(19)25-10-7-22(14-25)6-8-24-13-22/h1-5,9,11-12,24,27H,6-8,10,13-14H2. The van der Waals surface area contributed by atoms with Crippen LogP contribution in [0.25, 0.3) is 16.5 Å². The van der Waals surface area contributed by atoms with Crippen molar-refractivity contribution >= 4 is 16.5 Å². The van der Waals surface area contributed by atoms with Crippen LogP contribution in [0.3, 0.4) is 0 Å². The highest BCUT2D eigenvalue weighted by atomic mass is 19.1. The van der Waals surface area contributed by atoms with Crippen LogP contribution < -0.4 is 15.8 Å². The quantitative estimate of drug-likeness (QED) is 0.719. The van der Waals surface area contributed by atoms with Gasteiger partial charge in [0.2, 0.25) is 0 Å². The molecular weight excluding hydrogens is 357 g/mol. The lowest BCUT2D eigenvalue weighted by molar-refractivity contribution is 0.369. The van der Waals surface area contributed by atoms with Gasteiger partial charge in [-0.1, -0.05) is 0 Å². The first-order valence-electron chi connectivity index (χ1n) is 9.65. The maximum Gasteiger partial charge on any atom is 0.262 e. The molecule has 2 N–H and O–H groups in total. The van der Waals surface area contributed by atoms with Crippen LogP contribution in [0.2, 0.25) is 0 Å². The molecule has 5 nitrogen and oxygen atoms in total. The van der Waals surface area contributed by atoms with Gasteiger partial charge < -0.3 is 15.3 Å². The van der Waals surface area contributed by atoms with Gasteiger partial charge in [-0.2, -0.15) is 0 Å². The number of halogens is 1. The van der Waals surface area contributed by atoms with E-state index < -0.39 is 0 Å². The van der Waals surface area contributed by atoms with Crippen LogP contribution in [-0.4, -0.2) is 35.9 Å². The summed E-state index contributed by atoms with van der Waals surface area (Å²) in [6.45, 7) is 3.77. The largest absolute Gasteiger partial charge is 0.508 e. The fraction of sp³-hybridized carbons (Fsp3) is 0.318. The van der Waals surface area contributed by atoms with Crippen molar-refractivity contribution in [3.63, 3.8) is 0 Å². The number of phenols is 1. The molecule has 1 unspecified atom stereocenters. The average Bonchev–Trinajstić information content (AvgIpc) is 3.32. The average molecular weight is 379 g/mol. The van der Waals surface area contributed by atoms with Crippen LogP contribution in [-0.2, 0) is 0 Å². The molecule has 0 saturated carbocycles. The van der Waals surface area contributed by atoms with E-state index >= 15 is 0 Å². The van der Waals surface area contributed by atoms with E-state index in [1.807, 2.05) is 0 Å². The monoisotopic (exact) mass is 379 g/mol. The Balaban J connectivity index is 1.49. The van der Waals surface area contributed by atoms with E-state index in [-0.39, 0.29) is 22.5 Å². The molecule has 6 heteroatoms. The van der Waals surface area contributed by atoms with E-state index in [2.05, 4.69) is 10.2 Å². The minimum absolute atomic E-state index is 0.112. The molecule has 3 aromatic rings. The Hall–Kier alpha value is -2.86. The fourth-order valence-corrected chi connectivity index (χ4v) is 4.63. The number of hydrogen-bond donors (Lipinski definition) is 2. The highest BCUT2D eigenvalue weighted by Gasteiger charge is 2.40. The normalized spacial score (nSPS) is 21.8. The molecule has 0 bridgehead atoms. The van der Waals surface area contributed by atoms with E-state index in [9.17, 15) is 14.3 Å². The number of rotatable bonds is 2. The zero-order valence-corrected chi connectivity index (χ0v) is 15.5. The van der Waals surface area contributed by atoms with Crippen LogP contribution >= 0.6 is 0 Å². The van der Waals surface area contributed by atoms with Gasteiger partial charge in [-0.05, 0) is 61.2 Å². The summed E-state index contributed by atoms with van der Waals surface area (Å²) in [4.78, 5) is 14.9. The van der Waals surface area contributed by atoms with Gasteiger partial charge >= 0.3 is 0 Å². The maximum absolute atomic E-state index is 15.0. The molecule has 0 radical (unpaired) electrons. The Labute approximate surface area is 162 Å². The number of aromatic nitrogens is 1. The lowest BCUT2D eigenvalue weighted by Gasteiger charge is -2.24. The van der Waals surface area contributed by atoms with Gasteiger partial charge in [0.15, 0.2) is 0 Å². The Morgan fingerprint density at radius 2 is 2.00 bits per heavy atom. The van der Waals surface area contributed by atoms with Gasteiger partial charge in [0.1, 0.15) is 11.6 Å². The van der Waals surface area contributed by atoms with E-state index in [0.717, 1.165) is 39.0 Å². The van der Waals surface area contributed by atoms with E-state index in [1.165, 1.54) is 16.7 Å². The van der Waals surface area contributed by atoms with Crippen molar-refractivity contribution < 1.29 is 9.50 Å². The van der Waals surface area contributed by atoms with Gasteiger partial charge in [0.05, 0.1) is 11.4 Å².